The summed E-state index contributed by atoms with van der Waals surface area (Å²) in [4.78, 5) is 4.06. The predicted octanol–water partition coefficient (Wildman–Crippen LogP) is 3.76. The average molecular weight is 287 g/mol. The van der Waals surface area contributed by atoms with Gasteiger partial charge in [-0.25, -0.2) is 0 Å². The topological polar surface area (TPSA) is 12.9 Å². The van der Waals surface area contributed by atoms with E-state index in [9.17, 15) is 0 Å². The first-order valence-electron chi connectivity index (χ1n) is 3.46. The van der Waals surface area contributed by atoms with Gasteiger partial charge in [-0.3, -0.25) is 4.98 Å². The van der Waals surface area contributed by atoms with Crippen molar-refractivity contribution in [1.29, 1.82) is 0 Å². The molecule has 0 N–H and O–H groups in total. The Morgan fingerprint density at radius 2 is 2.00 bits per heavy atom. The summed E-state index contributed by atoms with van der Waals surface area (Å²) in [5.74, 6) is 0. The van der Waals surface area contributed by atoms with Gasteiger partial charge in [0.15, 0.2) is 0 Å². The van der Waals surface area contributed by atoms with Gasteiger partial charge in [-0.1, -0.05) is 31.9 Å². The molecule has 0 aliphatic heterocycles. The van der Waals surface area contributed by atoms with Crippen molar-refractivity contribution >= 4 is 42.6 Å². The number of rotatable bonds is 0. The zero-order chi connectivity index (χ0) is 8.55. The summed E-state index contributed by atoms with van der Waals surface area (Å²) < 4.78 is 2.15. The van der Waals surface area contributed by atoms with Crippen LogP contribution in [0.2, 0.25) is 0 Å². The van der Waals surface area contributed by atoms with Gasteiger partial charge in [0.1, 0.15) is 0 Å². The van der Waals surface area contributed by atoms with Crippen LogP contribution in [0.15, 0.2) is 39.5 Å². The second-order valence-corrected chi connectivity index (χ2v) is 4.25. The quantitative estimate of drug-likeness (QED) is 0.719. The minimum atomic E-state index is 1.07. The Bertz CT molecular complexity index is 426. The number of benzene rings is 1. The van der Waals surface area contributed by atoms with Crippen LogP contribution in [-0.4, -0.2) is 4.98 Å². The smallest absolute Gasteiger partial charge is 0.0357 e. The van der Waals surface area contributed by atoms with E-state index in [1.54, 1.807) is 6.20 Å². The van der Waals surface area contributed by atoms with E-state index in [1.807, 2.05) is 18.3 Å². The number of halogens is 2. The van der Waals surface area contributed by atoms with Gasteiger partial charge in [0.2, 0.25) is 0 Å². The Morgan fingerprint density at radius 1 is 1.17 bits per heavy atom. The molecule has 1 aromatic carbocycles. The fourth-order valence-electron chi connectivity index (χ4n) is 1.12. The lowest BCUT2D eigenvalue weighted by atomic mass is 10.2. The van der Waals surface area contributed by atoms with Gasteiger partial charge in [0.25, 0.3) is 0 Å². The van der Waals surface area contributed by atoms with Crippen molar-refractivity contribution in [2.75, 3.05) is 0 Å². The highest BCUT2D eigenvalue weighted by atomic mass is 79.9. The molecule has 0 bridgehead atoms. The van der Waals surface area contributed by atoms with Crippen LogP contribution in [0.25, 0.3) is 10.8 Å². The van der Waals surface area contributed by atoms with Crippen LogP contribution in [0, 0.1) is 0 Å². The molecule has 0 aliphatic rings. The van der Waals surface area contributed by atoms with E-state index in [2.05, 4.69) is 42.9 Å². The number of aromatic nitrogens is 1. The number of nitrogens with zero attached hydrogens (tertiary/aromatic N) is 1. The van der Waals surface area contributed by atoms with Gasteiger partial charge in [0.05, 0.1) is 0 Å². The van der Waals surface area contributed by atoms with Gasteiger partial charge in [-0.15, -0.1) is 0 Å². The molecule has 60 valence electrons. The molecule has 1 nitrogen and oxygen atoms in total. The Hall–Kier alpha value is -0.410. The normalized spacial score (nSPS) is 10.5. The van der Waals surface area contributed by atoms with Gasteiger partial charge in [-0.05, 0) is 23.6 Å². The van der Waals surface area contributed by atoms with Crippen LogP contribution in [0.4, 0.5) is 0 Å². The van der Waals surface area contributed by atoms with Crippen LogP contribution in [0.5, 0.6) is 0 Å². The highest BCUT2D eigenvalue weighted by molar-refractivity contribution is 9.11. The standard InChI is InChI=1S/C9H5Br2N/c10-7-3-6-1-2-12-5-8(6)9(11)4-7/h1-5H. The Labute approximate surface area is 87.1 Å². The molecular weight excluding hydrogens is 282 g/mol. The van der Waals surface area contributed by atoms with Crippen LogP contribution in [0.1, 0.15) is 0 Å². The molecule has 0 unspecified atom stereocenters. The summed E-state index contributed by atoms with van der Waals surface area (Å²) in [5.41, 5.74) is 0. The number of hydrogen-bond donors (Lipinski definition) is 0. The van der Waals surface area contributed by atoms with Crippen molar-refractivity contribution in [2.45, 2.75) is 0 Å². The van der Waals surface area contributed by atoms with Gasteiger partial charge in [-0.2, -0.15) is 0 Å². The number of fused-ring (bicyclic) bond motifs is 1. The van der Waals surface area contributed by atoms with Gasteiger partial charge in [0, 0.05) is 26.7 Å². The fourth-order valence-corrected chi connectivity index (χ4v) is 2.48. The lowest BCUT2D eigenvalue weighted by Crippen LogP contribution is -1.76. The Kier molecular flexibility index (Phi) is 2.15. The van der Waals surface area contributed by atoms with E-state index >= 15 is 0 Å². The molecule has 0 saturated heterocycles. The minimum Gasteiger partial charge on any atom is -0.264 e. The second-order valence-electron chi connectivity index (χ2n) is 2.48. The highest BCUT2D eigenvalue weighted by Gasteiger charge is 1.98. The lowest BCUT2D eigenvalue weighted by molar-refractivity contribution is 1.36. The summed E-state index contributed by atoms with van der Waals surface area (Å²) >= 11 is 6.91. The molecule has 0 saturated carbocycles. The molecule has 1 aromatic heterocycles. The zero-order valence-corrected chi connectivity index (χ0v) is 9.26. The van der Waals surface area contributed by atoms with E-state index in [4.69, 9.17) is 0 Å². The predicted molar refractivity (Wildman–Crippen MR) is 57.1 cm³/mol. The summed E-state index contributed by atoms with van der Waals surface area (Å²) in [7, 11) is 0. The molecule has 12 heavy (non-hydrogen) atoms. The monoisotopic (exact) mass is 285 g/mol. The second kappa shape index (κ2) is 3.15. The highest BCUT2D eigenvalue weighted by Crippen LogP contribution is 2.27. The SMILES string of the molecule is Brc1cc(Br)c2cnccc2c1. The maximum atomic E-state index is 4.06. The molecular formula is C9H5Br2N. The van der Waals surface area contributed by atoms with Crippen LogP contribution >= 0.6 is 31.9 Å². The van der Waals surface area contributed by atoms with Crippen molar-refractivity contribution in [3.8, 4) is 0 Å². The largest absolute Gasteiger partial charge is 0.264 e. The summed E-state index contributed by atoms with van der Waals surface area (Å²) in [5, 5.41) is 2.33. The van der Waals surface area contributed by atoms with Crippen LogP contribution in [-0.2, 0) is 0 Å². The van der Waals surface area contributed by atoms with Crippen molar-refractivity contribution in [3.05, 3.63) is 39.5 Å². The molecule has 1 heterocycles. The molecule has 0 fully saturated rings. The third kappa shape index (κ3) is 1.39. The van der Waals surface area contributed by atoms with E-state index in [-0.39, 0.29) is 0 Å². The van der Waals surface area contributed by atoms with E-state index < -0.39 is 0 Å². The maximum Gasteiger partial charge on any atom is 0.0357 e. The first-order valence-corrected chi connectivity index (χ1v) is 5.05. The fraction of sp³-hybridized carbons (Fsp3) is 0. The van der Waals surface area contributed by atoms with Crippen molar-refractivity contribution in [1.82, 2.24) is 4.98 Å². The van der Waals surface area contributed by atoms with Crippen molar-refractivity contribution in [3.63, 3.8) is 0 Å². The molecule has 0 aliphatic carbocycles. The van der Waals surface area contributed by atoms with Crippen LogP contribution < -0.4 is 0 Å². The molecule has 0 amide bonds. The molecule has 0 radical (unpaired) electrons. The van der Waals surface area contributed by atoms with E-state index in [1.165, 1.54) is 5.39 Å². The summed E-state index contributed by atoms with van der Waals surface area (Å²) in [6, 6.07) is 6.08. The molecule has 0 spiro atoms. The lowest BCUT2D eigenvalue weighted by Gasteiger charge is -1.99. The molecule has 2 rings (SSSR count). The summed E-state index contributed by atoms with van der Waals surface area (Å²) in [6.45, 7) is 0. The van der Waals surface area contributed by atoms with E-state index in [0.29, 0.717) is 0 Å². The Balaban J connectivity index is 2.89. The molecule has 2 aromatic rings. The minimum absolute atomic E-state index is 1.07. The van der Waals surface area contributed by atoms with E-state index in [0.717, 1.165) is 14.3 Å². The average Bonchev–Trinajstić information content (AvgIpc) is 2.04. The Morgan fingerprint density at radius 3 is 2.83 bits per heavy atom. The first-order chi connectivity index (χ1) is 5.77. The first kappa shape index (κ1) is 8.20. The molecule has 3 heteroatoms. The summed E-state index contributed by atoms with van der Waals surface area (Å²) in [6.07, 6.45) is 3.65. The number of pyridine rings is 1. The van der Waals surface area contributed by atoms with Gasteiger partial charge < -0.3 is 0 Å². The van der Waals surface area contributed by atoms with Crippen LogP contribution in [0.3, 0.4) is 0 Å². The van der Waals surface area contributed by atoms with Crippen molar-refractivity contribution in [2.24, 2.45) is 0 Å². The van der Waals surface area contributed by atoms with Gasteiger partial charge >= 0.3 is 0 Å². The zero-order valence-electron chi connectivity index (χ0n) is 6.09. The number of hydrogen-bond acceptors (Lipinski definition) is 1. The van der Waals surface area contributed by atoms with Crippen molar-refractivity contribution < 1.29 is 0 Å². The molecule has 0 atom stereocenters. The maximum absolute atomic E-state index is 4.06. The third-order valence-corrected chi connectivity index (χ3v) is 2.78. The third-order valence-electron chi connectivity index (χ3n) is 1.67.